The van der Waals surface area contributed by atoms with E-state index in [2.05, 4.69) is 10.6 Å². The molecule has 2 unspecified atom stereocenters. The number of ether oxygens (including phenoxy) is 1. The summed E-state index contributed by atoms with van der Waals surface area (Å²) in [6, 6.07) is 11.6. The van der Waals surface area contributed by atoms with Crippen LogP contribution in [0.4, 0.5) is 20.6 Å². The summed E-state index contributed by atoms with van der Waals surface area (Å²) in [5.74, 6) is -0.356. The van der Waals surface area contributed by atoms with E-state index in [1.165, 1.54) is 12.1 Å². The second kappa shape index (κ2) is 7.56. The molecule has 1 aliphatic rings. The lowest BCUT2D eigenvalue weighted by Gasteiger charge is -2.13. The molecule has 0 aromatic heterocycles. The molecule has 2 N–H and O–H groups in total. The van der Waals surface area contributed by atoms with E-state index in [9.17, 15) is 14.0 Å². The van der Waals surface area contributed by atoms with Crippen LogP contribution in [0.3, 0.4) is 0 Å². The number of amides is 2. The van der Waals surface area contributed by atoms with Crippen LogP contribution >= 0.6 is 0 Å². The maximum absolute atomic E-state index is 13.0. The molecule has 3 rings (SSSR count). The highest BCUT2D eigenvalue weighted by atomic mass is 19.1. The van der Waals surface area contributed by atoms with Crippen LogP contribution in [0.15, 0.2) is 42.5 Å². The first-order chi connectivity index (χ1) is 12.5. The Hall–Kier alpha value is -2.89. The molecule has 2 aromatic carbocycles. The number of hydrogen-bond donors (Lipinski definition) is 2. The summed E-state index contributed by atoms with van der Waals surface area (Å²) in [6.45, 7) is 3.84. The smallest absolute Gasteiger partial charge is 0.411 e. The number of hydrogen-bond acceptors (Lipinski definition) is 3. The Bertz CT molecular complexity index is 820. The van der Waals surface area contributed by atoms with Crippen molar-refractivity contribution in [2.75, 3.05) is 17.2 Å². The highest BCUT2D eigenvalue weighted by molar-refractivity contribution is 5.97. The van der Waals surface area contributed by atoms with Gasteiger partial charge in [-0.15, -0.1) is 0 Å². The number of carbonyl (C=O) groups is 2. The maximum atomic E-state index is 13.0. The molecule has 2 aromatic rings. The second-order valence-corrected chi connectivity index (χ2v) is 6.31. The fourth-order valence-electron chi connectivity index (χ4n) is 2.97. The monoisotopic (exact) mass is 356 g/mol. The second-order valence-electron chi connectivity index (χ2n) is 6.31. The molecule has 0 aliphatic heterocycles. The lowest BCUT2D eigenvalue weighted by Crippen LogP contribution is -2.17. The molecule has 2 amide bonds. The van der Waals surface area contributed by atoms with Crippen molar-refractivity contribution in [1.82, 2.24) is 0 Å². The van der Waals surface area contributed by atoms with Crippen molar-refractivity contribution < 1.29 is 18.7 Å². The van der Waals surface area contributed by atoms with Crippen molar-refractivity contribution in [3.8, 4) is 0 Å². The van der Waals surface area contributed by atoms with Crippen molar-refractivity contribution in [3.63, 3.8) is 0 Å². The predicted octanol–water partition coefficient (Wildman–Crippen LogP) is 4.44. The van der Waals surface area contributed by atoms with Gasteiger partial charge in [0.25, 0.3) is 0 Å². The third-order valence-electron chi connectivity index (χ3n) is 4.53. The number of halogens is 1. The average Bonchev–Trinajstić information content (AvgIpc) is 3.40. The Morgan fingerprint density at radius 3 is 2.42 bits per heavy atom. The van der Waals surface area contributed by atoms with Crippen LogP contribution in [0, 0.1) is 18.7 Å². The number of carbonyl (C=O) groups excluding carboxylic acids is 2. The molecule has 1 fully saturated rings. The van der Waals surface area contributed by atoms with Crippen molar-refractivity contribution in [3.05, 3.63) is 59.4 Å². The van der Waals surface area contributed by atoms with Crippen molar-refractivity contribution in [2.24, 2.45) is 5.92 Å². The van der Waals surface area contributed by atoms with Gasteiger partial charge in [0.05, 0.1) is 6.61 Å². The minimum atomic E-state index is -0.530. The van der Waals surface area contributed by atoms with E-state index < -0.39 is 6.09 Å². The Morgan fingerprint density at radius 2 is 1.77 bits per heavy atom. The fraction of sp³-hybridized carbons (Fsp3) is 0.300. The van der Waals surface area contributed by atoms with E-state index in [0.717, 1.165) is 17.5 Å². The Labute approximate surface area is 151 Å². The standard InChI is InChI=1S/C20H21FN2O3/c1-3-26-20(25)23-18-6-4-5-17(12(18)2)22-19(24)16-11-15(16)13-7-9-14(21)10-8-13/h4-10,15-16H,3,11H2,1-2H3,(H,22,24)(H,23,25). The third kappa shape index (κ3) is 4.02. The number of nitrogens with one attached hydrogen (secondary N) is 2. The molecule has 26 heavy (non-hydrogen) atoms. The quantitative estimate of drug-likeness (QED) is 0.832. The number of anilines is 2. The Balaban J connectivity index is 1.65. The molecule has 0 heterocycles. The van der Waals surface area contributed by atoms with Gasteiger partial charge in [-0.1, -0.05) is 18.2 Å². The molecular weight excluding hydrogens is 335 g/mol. The molecule has 0 bridgehead atoms. The van der Waals surface area contributed by atoms with Crippen LogP contribution in [-0.4, -0.2) is 18.6 Å². The SMILES string of the molecule is CCOC(=O)Nc1cccc(NC(=O)C2CC2c2ccc(F)cc2)c1C. The first-order valence-corrected chi connectivity index (χ1v) is 8.59. The van der Waals surface area contributed by atoms with E-state index in [4.69, 9.17) is 4.74 Å². The van der Waals surface area contributed by atoms with Gasteiger partial charge in [0.1, 0.15) is 5.82 Å². The number of benzene rings is 2. The van der Waals surface area contributed by atoms with E-state index >= 15 is 0 Å². The van der Waals surface area contributed by atoms with E-state index in [1.54, 1.807) is 37.3 Å². The summed E-state index contributed by atoms with van der Waals surface area (Å²) >= 11 is 0. The van der Waals surface area contributed by atoms with E-state index in [0.29, 0.717) is 11.4 Å². The average molecular weight is 356 g/mol. The lowest BCUT2D eigenvalue weighted by molar-refractivity contribution is -0.117. The van der Waals surface area contributed by atoms with Gasteiger partial charge >= 0.3 is 6.09 Å². The van der Waals surface area contributed by atoms with Gasteiger partial charge in [0.2, 0.25) is 5.91 Å². The van der Waals surface area contributed by atoms with Crippen LogP contribution < -0.4 is 10.6 Å². The summed E-state index contributed by atoms with van der Waals surface area (Å²) in [7, 11) is 0. The zero-order chi connectivity index (χ0) is 18.7. The molecule has 0 saturated heterocycles. The summed E-state index contributed by atoms with van der Waals surface area (Å²) in [5.41, 5.74) is 2.97. The molecular formula is C20H21FN2O3. The van der Waals surface area contributed by atoms with Crippen molar-refractivity contribution >= 4 is 23.4 Å². The molecule has 5 nitrogen and oxygen atoms in total. The highest BCUT2D eigenvalue weighted by Gasteiger charge is 2.44. The Morgan fingerprint density at radius 1 is 1.12 bits per heavy atom. The minimum Gasteiger partial charge on any atom is -0.450 e. The van der Waals surface area contributed by atoms with E-state index in [-0.39, 0.29) is 30.2 Å². The largest absolute Gasteiger partial charge is 0.450 e. The molecule has 6 heteroatoms. The zero-order valence-electron chi connectivity index (χ0n) is 14.7. The molecule has 1 saturated carbocycles. The maximum Gasteiger partial charge on any atom is 0.411 e. The molecule has 0 spiro atoms. The van der Waals surface area contributed by atoms with Gasteiger partial charge in [-0.2, -0.15) is 0 Å². The highest BCUT2D eigenvalue weighted by Crippen LogP contribution is 2.48. The lowest BCUT2D eigenvalue weighted by atomic mass is 10.1. The molecule has 0 radical (unpaired) electrons. The predicted molar refractivity (Wildman–Crippen MR) is 97.7 cm³/mol. The van der Waals surface area contributed by atoms with Crippen LogP contribution in [0.2, 0.25) is 0 Å². The summed E-state index contributed by atoms with van der Waals surface area (Å²) in [5, 5.41) is 5.59. The normalized spacial score (nSPS) is 18.1. The van der Waals surface area contributed by atoms with Gasteiger partial charge in [-0.05, 0) is 61.6 Å². The van der Waals surface area contributed by atoms with Gasteiger partial charge in [-0.3, -0.25) is 10.1 Å². The van der Waals surface area contributed by atoms with E-state index in [1.807, 2.05) is 6.92 Å². The van der Waals surface area contributed by atoms with Crippen LogP contribution in [0.25, 0.3) is 0 Å². The van der Waals surface area contributed by atoms with Crippen molar-refractivity contribution in [1.29, 1.82) is 0 Å². The van der Waals surface area contributed by atoms with Gasteiger partial charge in [0.15, 0.2) is 0 Å². The van der Waals surface area contributed by atoms with Crippen LogP contribution in [-0.2, 0) is 9.53 Å². The minimum absolute atomic E-state index is 0.0734. The molecule has 1 aliphatic carbocycles. The van der Waals surface area contributed by atoms with Crippen LogP contribution in [0.1, 0.15) is 30.4 Å². The van der Waals surface area contributed by atoms with Crippen LogP contribution in [0.5, 0.6) is 0 Å². The molecule has 2 atom stereocenters. The zero-order valence-corrected chi connectivity index (χ0v) is 14.7. The molecule has 136 valence electrons. The van der Waals surface area contributed by atoms with Gasteiger partial charge in [0, 0.05) is 17.3 Å². The first-order valence-electron chi connectivity index (χ1n) is 8.59. The summed E-state index contributed by atoms with van der Waals surface area (Å²) < 4.78 is 17.9. The van der Waals surface area contributed by atoms with Crippen molar-refractivity contribution in [2.45, 2.75) is 26.2 Å². The number of rotatable bonds is 5. The Kier molecular flexibility index (Phi) is 5.21. The summed E-state index contributed by atoms with van der Waals surface area (Å²) in [6.07, 6.45) is 0.217. The topological polar surface area (TPSA) is 67.4 Å². The third-order valence-corrected chi connectivity index (χ3v) is 4.53. The summed E-state index contributed by atoms with van der Waals surface area (Å²) in [4.78, 5) is 24.1. The van der Waals surface area contributed by atoms with Gasteiger partial charge in [-0.25, -0.2) is 9.18 Å². The first kappa shape index (κ1) is 17.9. The fourth-order valence-corrected chi connectivity index (χ4v) is 2.97. The van der Waals surface area contributed by atoms with Gasteiger partial charge < -0.3 is 10.1 Å².